The fraction of sp³-hybridized carbons (Fsp3) is 0.348. The molecule has 1 unspecified atom stereocenters. The molecule has 0 radical (unpaired) electrons. The van der Waals surface area contributed by atoms with Gasteiger partial charge in [0.15, 0.2) is 0 Å². The van der Waals surface area contributed by atoms with Crippen LogP contribution in [0.1, 0.15) is 36.7 Å². The second-order valence-corrected chi connectivity index (χ2v) is 8.21. The molecule has 1 saturated heterocycles. The van der Waals surface area contributed by atoms with Gasteiger partial charge in [-0.2, -0.15) is 5.10 Å². The van der Waals surface area contributed by atoms with Crippen LogP contribution in [0.15, 0.2) is 48.6 Å². The molecule has 5 rings (SSSR count). The monoisotopic (exact) mass is 418 g/mol. The van der Waals surface area contributed by atoms with E-state index in [4.69, 9.17) is 10.5 Å². The molecule has 3 aromatic rings. The lowest BCUT2D eigenvalue weighted by atomic mass is 10.1. The molecule has 160 valence electrons. The number of rotatable bonds is 4. The van der Waals surface area contributed by atoms with Gasteiger partial charge in [-0.15, -0.1) is 0 Å². The second kappa shape index (κ2) is 7.61. The Labute approximate surface area is 180 Å². The molecular formula is C23H26N6O2. The molecule has 1 amide bonds. The van der Waals surface area contributed by atoms with Crippen LogP contribution in [-0.4, -0.2) is 33.8 Å². The van der Waals surface area contributed by atoms with Crippen molar-refractivity contribution in [2.24, 2.45) is 12.8 Å². The van der Waals surface area contributed by atoms with Gasteiger partial charge in [0.1, 0.15) is 12.0 Å². The molecule has 1 fully saturated rings. The number of amides is 1. The lowest BCUT2D eigenvalue weighted by molar-refractivity contribution is -0.114. The number of nitrogens with zero attached hydrogens (tertiary/aromatic N) is 5. The predicted octanol–water partition coefficient (Wildman–Crippen LogP) is 3.13. The van der Waals surface area contributed by atoms with Crippen LogP contribution in [0.2, 0.25) is 0 Å². The Hall–Kier alpha value is -3.55. The second-order valence-electron chi connectivity index (χ2n) is 8.21. The van der Waals surface area contributed by atoms with Crippen molar-refractivity contribution in [2.75, 3.05) is 22.9 Å². The van der Waals surface area contributed by atoms with Gasteiger partial charge in [0, 0.05) is 49.2 Å². The van der Waals surface area contributed by atoms with Crippen molar-refractivity contribution in [1.82, 2.24) is 14.8 Å². The molecule has 2 aliphatic rings. The number of carbonyl (C=O) groups excluding carboxylic acids is 1. The minimum Gasteiger partial charge on any atom is -0.471 e. The normalized spacial score (nSPS) is 18.9. The maximum atomic E-state index is 12.4. The van der Waals surface area contributed by atoms with Crippen molar-refractivity contribution in [3.05, 3.63) is 59.9 Å². The zero-order valence-electron chi connectivity index (χ0n) is 17.8. The number of hydrogen-bond acceptors (Lipinski definition) is 6. The van der Waals surface area contributed by atoms with Crippen molar-refractivity contribution < 1.29 is 9.53 Å². The highest BCUT2D eigenvalue weighted by Crippen LogP contribution is 2.44. The number of hydrogen-bond donors (Lipinski definition) is 1. The fourth-order valence-electron chi connectivity index (χ4n) is 4.41. The third-order valence-corrected chi connectivity index (χ3v) is 5.95. The lowest BCUT2D eigenvalue weighted by Crippen LogP contribution is -2.35. The minimum absolute atomic E-state index is 0.326. The van der Waals surface area contributed by atoms with Gasteiger partial charge < -0.3 is 15.4 Å². The third-order valence-electron chi connectivity index (χ3n) is 5.95. The van der Waals surface area contributed by atoms with Crippen molar-refractivity contribution in [3.8, 4) is 0 Å². The van der Waals surface area contributed by atoms with E-state index in [0.717, 1.165) is 59.5 Å². The summed E-state index contributed by atoms with van der Waals surface area (Å²) in [7, 11) is 1.91. The summed E-state index contributed by atoms with van der Waals surface area (Å²) in [5.41, 5.74) is 10.7. The topological polar surface area (TPSA) is 89.5 Å². The summed E-state index contributed by atoms with van der Waals surface area (Å²) in [5.74, 6) is -0.529. The zero-order chi connectivity index (χ0) is 21.5. The number of primary amides is 1. The van der Waals surface area contributed by atoms with E-state index in [2.05, 4.69) is 27.1 Å². The molecular weight excluding hydrogens is 392 g/mol. The largest absolute Gasteiger partial charge is 0.471 e. The van der Waals surface area contributed by atoms with Crippen LogP contribution in [0, 0.1) is 6.92 Å². The first-order valence-corrected chi connectivity index (χ1v) is 10.6. The van der Waals surface area contributed by atoms with Crippen LogP contribution in [-0.2, 0) is 16.6 Å². The molecule has 1 aromatic carbocycles. The van der Waals surface area contributed by atoms with E-state index < -0.39 is 12.1 Å². The number of piperidine rings is 1. The summed E-state index contributed by atoms with van der Waals surface area (Å²) in [6.45, 7) is 3.87. The number of benzene rings is 1. The Morgan fingerprint density at radius 1 is 1.16 bits per heavy atom. The maximum Gasteiger partial charge on any atom is 0.268 e. The molecule has 1 atom stereocenters. The molecule has 0 aliphatic carbocycles. The fourth-order valence-corrected chi connectivity index (χ4v) is 4.41. The Morgan fingerprint density at radius 2 is 1.97 bits per heavy atom. The van der Waals surface area contributed by atoms with E-state index in [9.17, 15) is 4.79 Å². The number of nitrogens with two attached hydrogens (primary N) is 1. The third kappa shape index (κ3) is 3.48. The molecule has 4 heterocycles. The quantitative estimate of drug-likeness (QED) is 0.700. The lowest BCUT2D eigenvalue weighted by Gasteiger charge is -2.35. The summed E-state index contributed by atoms with van der Waals surface area (Å²) in [6, 6.07) is 8.10. The number of anilines is 2. The van der Waals surface area contributed by atoms with Crippen molar-refractivity contribution in [3.63, 3.8) is 0 Å². The minimum atomic E-state index is -0.529. The van der Waals surface area contributed by atoms with Gasteiger partial charge in [0.2, 0.25) is 6.23 Å². The van der Waals surface area contributed by atoms with E-state index in [1.165, 1.54) is 12.7 Å². The van der Waals surface area contributed by atoms with Gasteiger partial charge >= 0.3 is 0 Å². The van der Waals surface area contributed by atoms with E-state index in [1.807, 2.05) is 37.2 Å². The van der Waals surface area contributed by atoms with Crippen LogP contribution >= 0.6 is 0 Å². The zero-order valence-corrected chi connectivity index (χ0v) is 17.8. The van der Waals surface area contributed by atoms with Gasteiger partial charge in [0.05, 0.1) is 16.9 Å². The number of aromatic nitrogens is 3. The highest BCUT2D eigenvalue weighted by atomic mass is 16.5. The molecule has 0 bridgehead atoms. The van der Waals surface area contributed by atoms with Gasteiger partial charge in [-0.3, -0.25) is 19.4 Å². The van der Waals surface area contributed by atoms with Gasteiger partial charge in [0.25, 0.3) is 5.91 Å². The summed E-state index contributed by atoms with van der Waals surface area (Å²) >= 11 is 0. The van der Waals surface area contributed by atoms with E-state index in [1.54, 1.807) is 10.9 Å². The molecule has 8 nitrogen and oxygen atoms in total. The molecule has 0 spiro atoms. The average Bonchev–Trinajstić information content (AvgIpc) is 3.36. The number of fused-ring (bicyclic) bond motifs is 1. The van der Waals surface area contributed by atoms with Crippen molar-refractivity contribution in [1.29, 1.82) is 0 Å². The van der Waals surface area contributed by atoms with Gasteiger partial charge in [-0.1, -0.05) is 6.07 Å². The summed E-state index contributed by atoms with van der Waals surface area (Å²) in [4.78, 5) is 21.0. The van der Waals surface area contributed by atoms with Crippen LogP contribution in [0.5, 0.6) is 0 Å². The first-order chi connectivity index (χ1) is 15.0. The smallest absolute Gasteiger partial charge is 0.268 e. The molecule has 2 aliphatic heterocycles. The predicted molar refractivity (Wildman–Crippen MR) is 119 cm³/mol. The molecule has 2 N–H and O–H groups in total. The number of ether oxygens (including phenoxy) is 1. The van der Waals surface area contributed by atoms with E-state index in [-0.39, 0.29) is 0 Å². The van der Waals surface area contributed by atoms with Crippen LogP contribution in [0.25, 0.3) is 10.9 Å². The Bertz CT molecular complexity index is 1160. The Morgan fingerprint density at radius 3 is 2.68 bits per heavy atom. The van der Waals surface area contributed by atoms with E-state index >= 15 is 0 Å². The molecule has 31 heavy (non-hydrogen) atoms. The summed E-state index contributed by atoms with van der Waals surface area (Å²) < 4.78 is 7.77. The van der Waals surface area contributed by atoms with Crippen LogP contribution in [0.3, 0.4) is 0 Å². The molecule has 8 heteroatoms. The van der Waals surface area contributed by atoms with Crippen molar-refractivity contribution in [2.45, 2.75) is 32.4 Å². The molecule has 0 saturated carbocycles. The summed E-state index contributed by atoms with van der Waals surface area (Å²) in [5, 5.41) is 5.60. The van der Waals surface area contributed by atoms with Gasteiger partial charge in [-0.25, -0.2) is 0 Å². The highest BCUT2D eigenvalue weighted by molar-refractivity contribution is 6.00. The summed E-state index contributed by atoms with van der Waals surface area (Å²) in [6.07, 6.45) is 8.21. The van der Waals surface area contributed by atoms with Crippen LogP contribution < -0.4 is 15.5 Å². The number of aryl methyl sites for hydroxylation is 2. The average molecular weight is 419 g/mol. The van der Waals surface area contributed by atoms with Gasteiger partial charge in [-0.05, 0) is 44.4 Å². The SMILES string of the molecule is Cc1ccc(C2OC=C(C(N)=O)N2c2cc3cn(C)nc3cc2N2CCCCC2)cn1. The number of pyridine rings is 1. The van der Waals surface area contributed by atoms with Crippen LogP contribution in [0.4, 0.5) is 11.4 Å². The Kier molecular flexibility index (Phi) is 4.77. The standard InChI is InChI=1S/C23H26N6O2/c1-15-6-7-16(12-25-15)23-29(21(14-31-23)22(24)30)20-10-17-13-27(2)26-18(17)11-19(20)28-8-4-3-5-9-28/h6-7,10-14,23H,3-5,8-9H2,1-2H3,(H2,24,30). The Balaban J connectivity index is 1.68. The molecule has 2 aromatic heterocycles. The maximum absolute atomic E-state index is 12.4. The first-order valence-electron chi connectivity index (χ1n) is 10.6. The first kappa shape index (κ1) is 19.4. The van der Waals surface area contributed by atoms with E-state index in [0.29, 0.717) is 5.70 Å². The highest BCUT2D eigenvalue weighted by Gasteiger charge is 2.36. The number of carbonyl (C=O) groups is 1. The van der Waals surface area contributed by atoms with Crippen molar-refractivity contribution >= 4 is 28.2 Å².